The van der Waals surface area contributed by atoms with Crippen LogP contribution < -0.4 is 5.73 Å². The number of ether oxygens (including phenoxy) is 1. The molecular formula is C31H24ClF11N2O2. The maximum absolute atomic E-state index is 14.1. The first-order valence-corrected chi connectivity index (χ1v) is 13.1. The van der Waals surface area contributed by atoms with Crippen LogP contribution in [0.4, 0.5) is 48.3 Å². The highest BCUT2D eigenvalue weighted by Crippen LogP contribution is 2.32. The van der Waals surface area contributed by atoms with E-state index >= 15 is 0 Å². The third kappa shape index (κ3) is 13.4. The molecule has 0 bridgehead atoms. The van der Waals surface area contributed by atoms with Gasteiger partial charge in [-0.05, 0) is 73.9 Å². The standard InChI is InChI=1S/C21H17ClF7NO.C8H5F4NO.C2H2/c1-12(31-21(28,29)20(26)27)8-16(23)5-3-14(19-7-4-15(22)11-30-19)9-13-2-6-17(24)18(25)10-13;9-6-2-1-4(7(13)14)3-5(6)8(10,11)12;1-2/h2,4-8,10-11,14,20H,3,9H2,1H3;1-3H,(H2,13,14);1-2H/b12-8+,16-5+;;. The number of terminal acetylenes is 1. The Balaban J connectivity index is 0.000000575. The highest BCUT2D eigenvalue weighted by atomic mass is 35.5. The van der Waals surface area contributed by atoms with Crippen LogP contribution in [0.25, 0.3) is 0 Å². The fraction of sp³-hybridized carbons (Fsp3) is 0.226. The van der Waals surface area contributed by atoms with Crippen LogP contribution in [0, 0.1) is 30.3 Å². The smallest absolute Gasteiger partial charge is 0.433 e. The van der Waals surface area contributed by atoms with E-state index in [1.807, 2.05) is 0 Å². The molecule has 0 saturated carbocycles. The van der Waals surface area contributed by atoms with Crippen LogP contribution in [0.15, 0.2) is 78.5 Å². The molecule has 0 saturated heterocycles. The van der Waals surface area contributed by atoms with Gasteiger partial charge in [0.25, 0.3) is 0 Å². The van der Waals surface area contributed by atoms with Gasteiger partial charge in [-0.1, -0.05) is 17.7 Å². The molecule has 1 heterocycles. The molecule has 0 aliphatic carbocycles. The van der Waals surface area contributed by atoms with Gasteiger partial charge in [0, 0.05) is 29.4 Å². The molecule has 1 atom stereocenters. The Hall–Kier alpha value is -4.58. The van der Waals surface area contributed by atoms with E-state index in [0.717, 1.165) is 31.2 Å². The van der Waals surface area contributed by atoms with Gasteiger partial charge >= 0.3 is 18.7 Å². The highest BCUT2D eigenvalue weighted by molar-refractivity contribution is 6.30. The number of hydrogen-bond acceptors (Lipinski definition) is 3. The van der Waals surface area contributed by atoms with Crippen molar-refractivity contribution >= 4 is 17.5 Å². The number of hydrogen-bond donors (Lipinski definition) is 1. The predicted molar refractivity (Wildman–Crippen MR) is 151 cm³/mol. The molecule has 2 aromatic carbocycles. The summed E-state index contributed by atoms with van der Waals surface area (Å²) in [5.41, 5.74) is 3.77. The number of allylic oxidation sites excluding steroid dienone is 4. The van der Waals surface area contributed by atoms with Gasteiger partial charge in [-0.25, -0.2) is 17.6 Å². The molecule has 0 fully saturated rings. The third-order valence-corrected chi connectivity index (χ3v) is 5.90. The Kier molecular flexibility index (Phi) is 15.4. The average molecular weight is 701 g/mol. The lowest BCUT2D eigenvalue weighted by atomic mass is 9.92. The first-order valence-electron chi connectivity index (χ1n) is 12.7. The lowest BCUT2D eigenvalue weighted by Crippen LogP contribution is -2.29. The van der Waals surface area contributed by atoms with Crippen molar-refractivity contribution in [3.63, 3.8) is 0 Å². The fourth-order valence-corrected chi connectivity index (χ4v) is 3.69. The summed E-state index contributed by atoms with van der Waals surface area (Å²) in [6.07, 6.45) is -2.58. The molecule has 0 aliphatic rings. The second kappa shape index (κ2) is 17.9. The summed E-state index contributed by atoms with van der Waals surface area (Å²) in [5.74, 6) is -6.79. The molecule has 2 N–H and O–H groups in total. The van der Waals surface area contributed by atoms with Gasteiger partial charge in [0.15, 0.2) is 11.6 Å². The highest BCUT2D eigenvalue weighted by Gasteiger charge is 2.44. The molecule has 3 rings (SSSR count). The maximum atomic E-state index is 14.1. The number of alkyl halides is 7. The number of nitrogens with two attached hydrogens (primary N) is 1. The van der Waals surface area contributed by atoms with Crippen LogP contribution in [0.1, 0.15) is 46.4 Å². The van der Waals surface area contributed by atoms with Gasteiger partial charge in [-0.2, -0.15) is 30.7 Å². The van der Waals surface area contributed by atoms with Gasteiger partial charge < -0.3 is 10.5 Å². The number of aromatic nitrogens is 1. The SMILES string of the molecule is C#C.C/C(=C\C(F)=C/CC(Cc1ccc(F)c(F)c1)c1ccc(Cl)cn1)OC(F)(F)C(F)F.NC(=O)c1ccc(F)c(C(F)(F)F)c1. The van der Waals surface area contributed by atoms with Gasteiger partial charge in [-0.3, -0.25) is 9.78 Å². The van der Waals surface area contributed by atoms with Gasteiger partial charge in [-0.15, -0.1) is 12.8 Å². The number of pyridine rings is 1. The van der Waals surface area contributed by atoms with Crippen LogP contribution in [-0.4, -0.2) is 23.4 Å². The number of primary amides is 1. The minimum Gasteiger partial charge on any atom is -0.433 e. The van der Waals surface area contributed by atoms with Crippen molar-refractivity contribution in [1.29, 1.82) is 0 Å². The summed E-state index contributed by atoms with van der Waals surface area (Å²) in [6, 6.07) is 8.29. The van der Waals surface area contributed by atoms with Crippen molar-refractivity contribution in [3.05, 3.63) is 123 Å². The fourth-order valence-electron chi connectivity index (χ4n) is 3.58. The van der Waals surface area contributed by atoms with Crippen molar-refractivity contribution in [3.8, 4) is 12.8 Å². The first kappa shape index (κ1) is 40.4. The molecule has 16 heteroatoms. The first-order chi connectivity index (χ1) is 21.8. The summed E-state index contributed by atoms with van der Waals surface area (Å²) in [5, 5.41) is 0.354. The van der Waals surface area contributed by atoms with Gasteiger partial charge in [0.05, 0.1) is 10.6 Å². The number of benzene rings is 2. The van der Waals surface area contributed by atoms with E-state index in [1.54, 1.807) is 12.1 Å². The number of nitrogens with zero attached hydrogens (tertiary/aromatic N) is 1. The van der Waals surface area contributed by atoms with Crippen LogP contribution in [0.2, 0.25) is 5.02 Å². The normalized spacial score (nSPS) is 12.8. The molecule has 254 valence electrons. The number of amides is 1. The zero-order valence-electron chi connectivity index (χ0n) is 24.0. The Morgan fingerprint density at radius 3 is 2.11 bits per heavy atom. The number of carbonyl (C=O) groups is 1. The lowest BCUT2D eigenvalue weighted by molar-refractivity contribution is -0.281. The number of carbonyl (C=O) groups excluding carboxylic acids is 1. The molecule has 0 aliphatic heterocycles. The Morgan fingerprint density at radius 2 is 1.60 bits per heavy atom. The molecular weight excluding hydrogens is 677 g/mol. The van der Waals surface area contributed by atoms with E-state index in [9.17, 15) is 53.1 Å². The minimum atomic E-state index is -4.82. The van der Waals surface area contributed by atoms with Crippen LogP contribution in [-0.2, 0) is 17.3 Å². The zero-order chi connectivity index (χ0) is 36.1. The molecule has 1 aromatic heterocycles. The third-order valence-electron chi connectivity index (χ3n) is 5.68. The Morgan fingerprint density at radius 1 is 0.979 bits per heavy atom. The van der Waals surface area contributed by atoms with Crippen molar-refractivity contribution in [2.75, 3.05) is 0 Å². The zero-order valence-corrected chi connectivity index (χ0v) is 24.7. The number of rotatable bonds is 10. The largest absolute Gasteiger partial charge is 0.460 e. The molecule has 1 amide bonds. The number of halogens is 12. The monoisotopic (exact) mass is 700 g/mol. The Labute approximate surface area is 266 Å². The summed E-state index contributed by atoms with van der Waals surface area (Å²) < 4.78 is 144. The average Bonchev–Trinajstić information content (AvgIpc) is 2.98. The summed E-state index contributed by atoms with van der Waals surface area (Å²) in [6.45, 7) is 0.906. The summed E-state index contributed by atoms with van der Waals surface area (Å²) >= 11 is 5.81. The Bertz CT molecular complexity index is 1570. The van der Waals surface area contributed by atoms with E-state index in [4.69, 9.17) is 17.3 Å². The van der Waals surface area contributed by atoms with Crippen molar-refractivity contribution < 1.29 is 57.8 Å². The molecule has 0 radical (unpaired) electrons. The second-order valence-electron chi connectivity index (χ2n) is 9.15. The van der Waals surface area contributed by atoms with E-state index in [-0.39, 0.29) is 18.4 Å². The summed E-state index contributed by atoms with van der Waals surface area (Å²) in [4.78, 5) is 14.7. The van der Waals surface area contributed by atoms with Crippen LogP contribution in [0.3, 0.4) is 0 Å². The molecule has 1 unspecified atom stereocenters. The van der Waals surface area contributed by atoms with E-state index in [2.05, 4.69) is 22.6 Å². The second-order valence-corrected chi connectivity index (χ2v) is 9.59. The molecule has 0 spiro atoms. The van der Waals surface area contributed by atoms with E-state index in [1.165, 1.54) is 12.3 Å². The topological polar surface area (TPSA) is 65.2 Å². The lowest BCUT2D eigenvalue weighted by Gasteiger charge is -2.17. The van der Waals surface area contributed by atoms with Crippen molar-refractivity contribution in [2.24, 2.45) is 5.73 Å². The van der Waals surface area contributed by atoms with Crippen LogP contribution in [0.5, 0.6) is 0 Å². The maximum Gasteiger partial charge on any atom is 0.460 e. The minimum absolute atomic E-state index is 0.0194. The quantitative estimate of drug-likeness (QED) is 0.0992. The molecule has 3 aromatic rings. The van der Waals surface area contributed by atoms with Crippen LogP contribution >= 0.6 is 11.6 Å². The van der Waals surface area contributed by atoms with E-state index < -0.39 is 65.1 Å². The van der Waals surface area contributed by atoms with Gasteiger partial charge in [0.1, 0.15) is 17.4 Å². The van der Waals surface area contributed by atoms with Gasteiger partial charge in [0.2, 0.25) is 5.91 Å². The predicted octanol–water partition coefficient (Wildman–Crippen LogP) is 9.55. The molecule has 4 nitrogen and oxygen atoms in total. The molecule has 47 heavy (non-hydrogen) atoms. The summed E-state index contributed by atoms with van der Waals surface area (Å²) in [7, 11) is 0. The van der Waals surface area contributed by atoms with E-state index in [0.29, 0.717) is 34.5 Å². The van der Waals surface area contributed by atoms with Crippen molar-refractivity contribution in [2.45, 2.75) is 44.4 Å². The van der Waals surface area contributed by atoms with Crippen molar-refractivity contribution in [1.82, 2.24) is 4.98 Å².